The van der Waals surface area contributed by atoms with Gasteiger partial charge in [-0.25, -0.2) is 0 Å². The fourth-order valence-electron chi connectivity index (χ4n) is 6.57. The molecule has 0 aromatic heterocycles. The Bertz CT molecular complexity index is 818. The molecule has 2 aliphatic rings. The number of carbonyl (C=O) groups excluding carboxylic acids is 3. The van der Waals surface area contributed by atoms with E-state index < -0.39 is 0 Å². The van der Waals surface area contributed by atoms with Gasteiger partial charge < -0.3 is 0 Å². The number of hydrogen-bond acceptors (Lipinski definition) is 3. The zero-order valence-electron chi connectivity index (χ0n) is 21.2. The van der Waals surface area contributed by atoms with Crippen molar-refractivity contribution in [1.82, 2.24) is 0 Å². The van der Waals surface area contributed by atoms with Crippen LogP contribution in [0, 0.1) is 30.6 Å². The van der Waals surface area contributed by atoms with Crippen molar-refractivity contribution in [2.24, 2.45) is 23.7 Å². The highest BCUT2D eigenvalue weighted by Gasteiger charge is 2.33. The van der Waals surface area contributed by atoms with Crippen LogP contribution in [0.5, 0.6) is 0 Å². The predicted molar refractivity (Wildman–Crippen MR) is 135 cm³/mol. The van der Waals surface area contributed by atoms with Crippen molar-refractivity contribution in [1.29, 1.82) is 0 Å². The number of Topliss-reactive ketones (excluding diaryl/α,β-unsaturated/α-hetero) is 3. The van der Waals surface area contributed by atoms with E-state index in [0.29, 0.717) is 24.7 Å². The zero-order valence-corrected chi connectivity index (χ0v) is 21.2. The van der Waals surface area contributed by atoms with E-state index in [0.717, 1.165) is 49.7 Å². The molecule has 33 heavy (non-hydrogen) atoms. The van der Waals surface area contributed by atoms with Gasteiger partial charge in [-0.1, -0.05) is 77.0 Å². The molecule has 0 aliphatic heterocycles. The van der Waals surface area contributed by atoms with Gasteiger partial charge >= 0.3 is 0 Å². The minimum atomic E-state index is -0.0578. The predicted octanol–water partition coefficient (Wildman–Crippen LogP) is 7.46. The molecule has 3 nitrogen and oxygen atoms in total. The first-order valence-corrected chi connectivity index (χ1v) is 13.6. The van der Waals surface area contributed by atoms with Crippen LogP contribution in [0.4, 0.5) is 0 Å². The van der Waals surface area contributed by atoms with Gasteiger partial charge in [-0.2, -0.15) is 0 Å². The summed E-state index contributed by atoms with van der Waals surface area (Å²) in [6.45, 7) is 6.28. The van der Waals surface area contributed by atoms with Gasteiger partial charge in [0.25, 0.3) is 0 Å². The van der Waals surface area contributed by atoms with Gasteiger partial charge in [0.1, 0.15) is 11.6 Å². The molecular weight excluding hydrogens is 408 g/mol. The minimum Gasteiger partial charge on any atom is -0.299 e. The quantitative estimate of drug-likeness (QED) is 0.309. The first-order chi connectivity index (χ1) is 15.9. The Labute approximate surface area is 201 Å². The first kappa shape index (κ1) is 25.8. The van der Waals surface area contributed by atoms with E-state index in [-0.39, 0.29) is 35.6 Å². The lowest BCUT2D eigenvalue weighted by molar-refractivity contribution is -0.130. The third-order valence-corrected chi connectivity index (χ3v) is 8.27. The third kappa shape index (κ3) is 7.11. The molecule has 1 aromatic rings. The Balaban J connectivity index is 1.58. The van der Waals surface area contributed by atoms with Crippen molar-refractivity contribution in [3.8, 4) is 0 Å². The lowest BCUT2D eigenvalue weighted by atomic mass is 9.72. The van der Waals surface area contributed by atoms with Crippen molar-refractivity contribution < 1.29 is 14.4 Å². The smallest absolute Gasteiger partial charge is 0.163 e. The van der Waals surface area contributed by atoms with E-state index >= 15 is 0 Å². The standard InChI is InChI=1S/C30H44O3/c1-4-10-24(17-23-18-25-14-9-11-21(3)30(25)29(33)19-23)27(5-2)28(32)20-26(31)16-15-22-12-7-6-8-13-22/h9,11,14,22-24,27H,4-8,10,12-13,15-20H2,1-3H3. The average molecular weight is 453 g/mol. The normalized spacial score (nSPS) is 20.8. The number of benzene rings is 1. The minimum absolute atomic E-state index is 0.0578. The molecule has 1 saturated carbocycles. The second kappa shape index (κ2) is 12.6. The van der Waals surface area contributed by atoms with Crippen molar-refractivity contribution >= 4 is 17.3 Å². The van der Waals surface area contributed by atoms with Crippen LogP contribution in [-0.2, 0) is 16.0 Å². The number of aryl methyl sites for hydroxylation is 1. The molecule has 0 N–H and O–H groups in total. The van der Waals surface area contributed by atoms with Gasteiger partial charge in [-0.15, -0.1) is 0 Å². The van der Waals surface area contributed by atoms with Gasteiger partial charge in [0.05, 0.1) is 6.42 Å². The zero-order chi connectivity index (χ0) is 23.8. The molecule has 0 heterocycles. The molecule has 2 aliphatic carbocycles. The highest BCUT2D eigenvalue weighted by molar-refractivity contribution is 6.00. The number of hydrogen-bond donors (Lipinski definition) is 0. The summed E-state index contributed by atoms with van der Waals surface area (Å²) in [5.74, 6) is 1.72. The van der Waals surface area contributed by atoms with Crippen LogP contribution in [0.1, 0.15) is 119 Å². The van der Waals surface area contributed by atoms with E-state index in [1.807, 2.05) is 19.1 Å². The second-order valence-electron chi connectivity index (χ2n) is 10.8. The van der Waals surface area contributed by atoms with Gasteiger partial charge in [0.2, 0.25) is 0 Å². The Morgan fingerprint density at radius 3 is 2.48 bits per heavy atom. The molecular formula is C30H44O3. The fourth-order valence-corrected chi connectivity index (χ4v) is 6.57. The van der Waals surface area contributed by atoms with Crippen LogP contribution in [-0.4, -0.2) is 17.3 Å². The average Bonchev–Trinajstić information content (AvgIpc) is 2.79. The molecule has 0 radical (unpaired) electrons. The molecule has 1 fully saturated rings. The van der Waals surface area contributed by atoms with Crippen LogP contribution in [0.3, 0.4) is 0 Å². The maximum atomic E-state index is 13.2. The molecule has 0 spiro atoms. The highest BCUT2D eigenvalue weighted by atomic mass is 16.1. The summed E-state index contributed by atoms with van der Waals surface area (Å²) in [4.78, 5) is 38.7. The summed E-state index contributed by atoms with van der Waals surface area (Å²) in [7, 11) is 0. The van der Waals surface area contributed by atoms with Gasteiger partial charge in [-0.05, 0) is 61.5 Å². The van der Waals surface area contributed by atoms with E-state index in [1.165, 1.54) is 37.7 Å². The van der Waals surface area contributed by atoms with Crippen LogP contribution in [0.2, 0.25) is 0 Å². The van der Waals surface area contributed by atoms with E-state index in [9.17, 15) is 14.4 Å². The molecule has 3 rings (SSSR count). The molecule has 3 atom stereocenters. The maximum absolute atomic E-state index is 13.2. The van der Waals surface area contributed by atoms with Crippen molar-refractivity contribution in [2.75, 3.05) is 0 Å². The van der Waals surface area contributed by atoms with Gasteiger partial charge in [-0.3, -0.25) is 14.4 Å². The van der Waals surface area contributed by atoms with Gasteiger partial charge in [0.15, 0.2) is 5.78 Å². The van der Waals surface area contributed by atoms with Gasteiger partial charge in [0, 0.05) is 24.3 Å². The Hall–Kier alpha value is -1.77. The Morgan fingerprint density at radius 1 is 1.03 bits per heavy atom. The lowest BCUT2D eigenvalue weighted by Gasteiger charge is -2.31. The second-order valence-corrected chi connectivity index (χ2v) is 10.8. The Morgan fingerprint density at radius 2 is 1.79 bits per heavy atom. The molecule has 0 bridgehead atoms. The number of ketones is 3. The summed E-state index contributed by atoms with van der Waals surface area (Å²) in [5.41, 5.74) is 3.17. The van der Waals surface area contributed by atoms with Crippen LogP contribution >= 0.6 is 0 Å². The van der Waals surface area contributed by atoms with Crippen molar-refractivity contribution in [3.63, 3.8) is 0 Å². The van der Waals surface area contributed by atoms with Crippen molar-refractivity contribution in [3.05, 3.63) is 34.9 Å². The molecule has 3 heteroatoms. The molecule has 1 aromatic carbocycles. The lowest BCUT2D eigenvalue weighted by Crippen LogP contribution is -2.30. The van der Waals surface area contributed by atoms with Crippen LogP contribution in [0.25, 0.3) is 0 Å². The van der Waals surface area contributed by atoms with E-state index in [1.54, 1.807) is 0 Å². The number of rotatable bonds is 12. The van der Waals surface area contributed by atoms with Crippen molar-refractivity contribution in [2.45, 2.75) is 111 Å². The SMILES string of the molecule is CCCC(CC1CC(=O)c2c(C)cccc2C1)C(CC)C(=O)CC(=O)CCC1CCCCC1. The molecule has 3 unspecified atom stereocenters. The summed E-state index contributed by atoms with van der Waals surface area (Å²) in [5, 5.41) is 0. The highest BCUT2D eigenvalue weighted by Crippen LogP contribution is 2.36. The first-order valence-electron chi connectivity index (χ1n) is 13.6. The summed E-state index contributed by atoms with van der Waals surface area (Å²) >= 11 is 0. The van der Waals surface area contributed by atoms with Crippen LogP contribution in [0.15, 0.2) is 18.2 Å². The molecule has 0 amide bonds. The fraction of sp³-hybridized carbons (Fsp3) is 0.700. The maximum Gasteiger partial charge on any atom is 0.163 e. The van der Waals surface area contributed by atoms with E-state index in [4.69, 9.17) is 0 Å². The Kier molecular flexibility index (Phi) is 9.89. The topological polar surface area (TPSA) is 51.2 Å². The molecule has 182 valence electrons. The summed E-state index contributed by atoms with van der Waals surface area (Å²) in [6.07, 6.45) is 13.3. The third-order valence-electron chi connectivity index (χ3n) is 8.27. The summed E-state index contributed by atoms with van der Waals surface area (Å²) < 4.78 is 0. The molecule has 0 saturated heterocycles. The number of fused-ring (bicyclic) bond motifs is 1. The number of carbonyl (C=O) groups is 3. The van der Waals surface area contributed by atoms with E-state index in [2.05, 4.69) is 19.9 Å². The summed E-state index contributed by atoms with van der Waals surface area (Å²) in [6, 6.07) is 6.16. The van der Waals surface area contributed by atoms with Crippen LogP contribution < -0.4 is 0 Å². The largest absolute Gasteiger partial charge is 0.299 e. The monoisotopic (exact) mass is 452 g/mol.